The van der Waals surface area contributed by atoms with Crippen molar-refractivity contribution in [1.29, 1.82) is 0 Å². The van der Waals surface area contributed by atoms with Gasteiger partial charge in [0.05, 0.1) is 12.7 Å². The summed E-state index contributed by atoms with van der Waals surface area (Å²) in [5.74, 6) is -0.290. The van der Waals surface area contributed by atoms with Gasteiger partial charge in [-0.2, -0.15) is 0 Å². The van der Waals surface area contributed by atoms with E-state index in [1.54, 1.807) is 0 Å². The number of likely N-dealkylation sites (tertiary alicyclic amines) is 1. The molecule has 0 N–H and O–H groups in total. The minimum Gasteiger partial charge on any atom is -0.465 e. The summed E-state index contributed by atoms with van der Waals surface area (Å²) in [6.45, 7) is 3.29. The van der Waals surface area contributed by atoms with E-state index in [0.29, 0.717) is 5.56 Å². The molecule has 1 aliphatic heterocycles. The van der Waals surface area contributed by atoms with Crippen molar-refractivity contribution in [2.45, 2.75) is 32.2 Å². The van der Waals surface area contributed by atoms with Gasteiger partial charge in [-0.3, -0.25) is 4.90 Å². The second-order valence-corrected chi connectivity index (χ2v) is 5.84. The summed E-state index contributed by atoms with van der Waals surface area (Å²) < 4.78 is 5.71. The lowest BCUT2D eigenvalue weighted by Crippen LogP contribution is -2.24. The number of esters is 1. The van der Waals surface area contributed by atoms with Gasteiger partial charge < -0.3 is 4.74 Å². The Morgan fingerprint density at radius 2 is 1.95 bits per heavy atom. The van der Waals surface area contributed by atoms with Gasteiger partial charge in [0.2, 0.25) is 0 Å². The van der Waals surface area contributed by atoms with E-state index in [1.165, 1.54) is 51.4 Å². The van der Waals surface area contributed by atoms with Gasteiger partial charge in [0.15, 0.2) is 0 Å². The van der Waals surface area contributed by atoms with Crippen molar-refractivity contribution in [3.05, 3.63) is 33.8 Å². The summed E-state index contributed by atoms with van der Waals surface area (Å²) in [7, 11) is 1.40. The van der Waals surface area contributed by atoms with Gasteiger partial charge in [-0.25, -0.2) is 4.79 Å². The van der Waals surface area contributed by atoms with Crippen molar-refractivity contribution >= 4 is 21.9 Å². The second-order valence-electron chi connectivity index (χ2n) is 4.99. The first kappa shape index (κ1) is 14.5. The van der Waals surface area contributed by atoms with Crippen LogP contribution in [-0.2, 0) is 11.3 Å². The molecule has 1 aliphatic rings. The highest BCUT2D eigenvalue weighted by molar-refractivity contribution is 9.10. The van der Waals surface area contributed by atoms with Crippen LogP contribution < -0.4 is 0 Å². The van der Waals surface area contributed by atoms with Crippen molar-refractivity contribution in [2.75, 3.05) is 20.2 Å². The predicted molar refractivity (Wildman–Crippen MR) is 79.2 cm³/mol. The zero-order chi connectivity index (χ0) is 13.7. The number of nitrogens with zero attached hydrogens (tertiary/aromatic N) is 1. The van der Waals surface area contributed by atoms with Gasteiger partial charge in [-0.15, -0.1) is 0 Å². The van der Waals surface area contributed by atoms with Crippen LogP contribution in [0, 0.1) is 0 Å². The molecule has 0 bridgehead atoms. The molecule has 3 nitrogen and oxygen atoms in total. The van der Waals surface area contributed by atoms with Gasteiger partial charge in [0.1, 0.15) is 0 Å². The molecule has 4 heteroatoms. The number of halogens is 1. The Morgan fingerprint density at radius 1 is 1.26 bits per heavy atom. The van der Waals surface area contributed by atoms with Crippen molar-refractivity contribution in [3.63, 3.8) is 0 Å². The average Bonchev–Trinajstić information content (AvgIpc) is 2.68. The van der Waals surface area contributed by atoms with Gasteiger partial charge in [-0.1, -0.05) is 34.8 Å². The van der Waals surface area contributed by atoms with Gasteiger partial charge >= 0.3 is 5.97 Å². The van der Waals surface area contributed by atoms with Crippen molar-refractivity contribution in [2.24, 2.45) is 0 Å². The summed E-state index contributed by atoms with van der Waals surface area (Å²) in [5.41, 5.74) is 1.82. The third-order valence-electron chi connectivity index (χ3n) is 3.57. The Bertz CT molecular complexity index is 440. The smallest absolute Gasteiger partial charge is 0.337 e. The van der Waals surface area contributed by atoms with E-state index in [0.717, 1.165) is 11.0 Å². The van der Waals surface area contributed by atoms with Crippen molar-refractivity contribution < 1.29 is 9.53 Å². The first-order valence-corrected chi connectivity index (χ1v) is 7.59. The maximum Gasteiger partial charge on any atom is 0.337 e. The Hall–Kier alpha value is -0.870. The first-order valence-electron chi connectivity index (χ1n) is 6.80. The molecule has 1 aromatic carbocycles. The van der Waals surface area contributed by atoms with E-state index >= 15 is 0 Å². The number of carbonyl (C=O) groups is 1. The van der Waals surface area contributed by atoms with Crippen LogP contribution in [0.3, 0.4) is 0 Å². The van der Waals surface area contributed by atoms with Crippen LogP contribution in [0.15, 0.2) is 22.7 Å². The van der Waals surface area contributed by atoms with Gasteiger partial charge in [0, 0.05) is 11.0 Å². The van der Waals surface area contributed by atoms with Crippen molar-refractivity contribution in [3.8, 4) is 0 Å². The molecule has 0 radical (unpaired) electrons. The largest absolute Gasteiger partial charge is 0.465 e. The lowest BCUT2D eigenvalue weighted by molar-refractivity contribution is 0.0600. The van der Waals surface area contributed by atoms with Crippen LogP contribution >= 0.6 is 15.9 Å². The molecule has 1 saturated heterocycles. The number of methoxy groups -OCH3 is 1. The predicted octanol–water partition coefficient (Wildman–Crippen LogP) is 3.61. The second kappa shape index (κ2) is 7.06. The van der Waals surface area contributed by atoms with Crippen LogP contribution in [0.2, 0.25) is 0 Å². The van der Waals surface area contributed by atoms with Crippen molar-refractivity contribution in [1.82, 2.24) is 4.90 Å². The quantitative estimate of drug-likeness (QED) is 0.795. The Kier molecular flexibility index (Phi) is 5.40. The molecule has 0 amide bonds. The van der Waals surface area contributed by atoms with Crippen LogP contribution in [0.5, 0.6) is 0 Å². The van der Waals surface area contributed by atoms with Gasteiger partial charge in [0.25, 0.3) is 0 Å². The van der Waals surface area contributed by atoms with E-state index in [4.69, 9.17) is 4.74 Å². The number of rotatable bonds is 3. The zero-order valence-electron chi connectivity index (χ0n) is 11.3. The fourth-order valence-corrected chi connectivity index (χ4v) is 2.96. The lowest BCUT2D eigenvalue weighted by Gasteiger charge is -2.20. The molecule has 0 spiro atoms. The highest BCUT2D eigenvalue weighted by atomic mass is 79.9. The maximum atomic E-state index is 11.5. The number of hydrogen-bond donors (Lipinski definition) is 0. The third kappa shape index (κ3) is 4.05. The molecular weight excluding hydrogens is 306 g/mol. The lowest BCUT2D eigenvalue weighted by atomic mass is 10.1. The average molecular weight is 326 g/mol. The SMILES string of the molecule is COC(=O)c1ccc(CN2CCCCCC2)c(Br)c1. The molecule has 0 aromatic heterocycles. The molecule has 0 aliphatic carbocycles. The fraction of sp³-hybridized carbons (Fsp3) is 0.533. The molecule has 2 rings (SSSR count). The molecule has 104 valence electrons. The first-order chi connectivity index (χ1) is 9.20. The molecule has 19 heavy (non-hydrogen) atoms. The minimum atomic E-state index is -0.290. The highest BCUT2D eigenvalue weighted by Gasteiger charge is 2.13. The molecular formula is C15H20BrNO2. The maximum absolute atomic E-state index is 11.5. The monoisotopic (exact) mass is 325 g/mol. The van der Waals surface area contributed by atoms with E-state index in [1.807, 2.05) is 18.2 Å². The summed E-state index contributed by atoms with van der Waals surface area (Å²) in [4.78, 5) is 13.9. The molecule has 1 aromatic rings. The van der Waals surface area contributed by atoms with Crippen LogP contribution in [0.25, 0.3) is 0 Å². The summed E-state index contributed by atoms with van der Waals surface area (Å²) in [5, 5.41) is 0. The molecule has 0 atom stereocenters. The molecule has 1 heterocycles. The van der Waals surface area contributed by atoms with E-state index < -0.39 is 0 Å². The van der Waals surface area contributed by atoms with E-state index in [-0.39, 0.29) is 5.97 Å². The van der Waals surface area contributed by atoms with E-state index in [2.05, 4.69) is 20.8 Å². The van der Waals surface area contributed by atoms with Crippen LogP contribution in [-0.4, -0.2) is 31.1 Å². The van der Waals surface area contributed by atoms with E-state index in [9.17, 15) is 4.79 Å². The number of carbonyl (C=O) groups excluding carboxylic acids is 1. The minimum absolute atomic E-state index is 0.290. The van der Waals surface area contributed by atoms with Gasteiger partial charge in [-0.05, 0) is 43.6 Å². The highest BCUT2D eigenvalue weighted by Crippen LogP contribution is 2.22. The normalized spacial score (nSPS) is 16.9. The van der Waals surface area contributed by atoms with Crippen LogP contribution in [0.4, 0.5) is 0 Å². The topological polar surface area (TPSA) is 29.5 Å². The Balaban J connectivity index is 2.05. The Labute approximate surface area is 123 Å². The summed E-state index contributed by atoms with van der Waals surface area (Å²) >= 11 is 3.56. The number of hydrogen-bond acceptors (Lipinski definition) is 3. The standard InChI is InChI=1S/C15H20BrNO2/c1-19-15(18)12-6-7-13(14(16)10-12)11-17-8-4-2-3-5-9-17/h6-7,10H,2-5,8-9,11H2,1H3. The molecule has 0 saturated carbocycles. The summed E-state index contributed by atoms with van der Waals surface area (Å²) in [6.07, 6.45) is 5.27. The zero-order valence-corrected chi connectivity index (χ0v) is 12.9. The van der Waals surface area contributed by atoms with Crippen LogP contribution in [0.1, 0.15) is 41.6 Å². The number of ether oxygens (including phenoxy) is 1. The molecule has 0 unspecified atom stereocenters. The fourth-order valence-electron chi connectivity index (χ4n) is 2.46. The summed E-state index contributed by atoms with van der Waals surface area (Å²) in [6, 6.07) is 5.70. The Morgan fingerprint density at radius 3 is 2.53 bits per heavy atom. The third-order valence-corrected chi connectivity index (χ3v) is 4.31. The number of benzene rings is 1. The molecule has 1 fully saturated rings.